The van der Waals surface area contributed by atoms with Crippen LogP contribution < -0.4 is 5.69 Å². The lowest BCUT2D eigenvalue weighted by atomic mass is 10.1. The number of para-hydroxylation sites is 1. The van der Waals surface area contributed by atoms with Crippen LogP contribution in [0.5, 0.6) is 0 Å². The van der Waals surface area contributed by atoms with Gasteiger partial charge in [-0.25, -0.2) is 4.79 Å². The molecule has 0 amide bonds. The summed E-state index contributed by atoms with van der Waals surface area (Å²) in [7, 11) is 0. The number of hydrogen-bond donors (Lipinski definition) is 0. The predicted octanol–water partition coefficient (Wildman–Crippen LogP) is 2.09. The first kappa shape index (κ1) is 12.9. The third kappa shape index (κ3) is 2.11. The van der Waals surface area contributed by atoms with Crippen LogP contribution in [0.1, 0.15) is 5.56 Å². The Morgan fingerprint density at radius 2 is 1.95 bits per heavy atom. The zero-order valence-electron chi connectivity index (χ0n) is 11.5. The van der Waals surface area contributed by atoms with E-state index < -0.39 is 0 Å². The molecule has 0 atom stereocenters. The Hall–Kier alpha value is -2.80. The molecule has 6 nitrogen and oxygen atoms in total. The molecule has 0 radical (unpaired) electrons. The number of nitrogens with zero attached hydrogens (tertiary/aromatic N) is 5. The molecule has 4 aromatic rings. The van der Waals surface area contributed by atoms with Crippen molar-refractivity contribution >= 4 is 22.2 Å². The Morgan fingerprint density at radius 3 is 2.82 bits per heavy atom. The van der Waals surface area contributed by atoms with Crippen molar-refractivity contribution in [3.63, 3.8) is 0 Å². The van der Waals surface area contributed by atoms with Crippen molar-refractivity contribution < 1.29 is 0 Å². The minimum Gasteiger partial charge on any atom is -0.256 e. The van der Waals surface area contributed by atoms with Gasteiger partial charge in [-0.15, -0.1) is 11.3 Å². The maximum absolute atomic E-state index is 12.4. The molecule has 4 rings (SSSR count). The van der Waals surface area contributed by atoms with Crippen molar-refractivity contribution in [1.29, 1.82) is 0 Å². The van der Waals surface area contributed by atoms with Gasteiger partial charge in [-0.05, 0) is 34.0 Å². The Kier molecular flexibility index (Phi) is 3.05. The molecular formula is C15H11N5OS. The van der Waals surface area contributed by atoms with E-state index in [2.05, 4.69) is 15.4 Å². The van der Waals surface area contributed by atoms with Gasteiger partial charge < -0.3 is 0 Å². The lowest BCUT2D eigenvalue weighted by Gasteiger charge is -2.04. The molecule has 0 unspecified atom stereocenters. The second-order valence-corrected chi connectivity index (χ2v) is 5.70. The average Bonchev–Trinajstić information content (AvgIpc) is 3.18. The van der Waals surface area contributed by atoms with E-state index in [0.717, 1.165) is 21.5 Å². The summed E-state index contributed by atoms with van der Waals surface area (Å²) in [5.74, 6) is 0. The van der Waals surface area contributed by atoms with E-state index in [-0.39, 0.29) is 5.69 Å². The SMILES string of the molecule is O=c1n(Cc2cccc3cccnc23)nnn1-c1cccs1. The fraction of sp³-hybridized carbons (Fsp3) is 0.0667. The van der Waals surface area contributed by atoms with Gasteiger partial charge in [0.05, 0.1) is 12.1 Å². The molecule has 0 aliphatic rings. The molecule has 0 saturated carbocycles. The maximum atomic E-state index is 12.4. The molecule has 108 valence electrons. The quantitative estimate of drug-likeness (QED) is 0.581. The Labute approximate surface area is 129 Å². The highest BCUT2D eigenvalue weighted by atomic mass is 32.1. The van der Waals surface area contributed by atoms with Crippen LogP contribution in [0, 0.1) is 0 Å². The highest BCUT2D eigenvalue weighted by Gasteiger charge is 2.11. The molecule has 7 heteroatoms. The number of thiophene rings is 1. The largest absolute Gasteiger partial charge is 0.369 e. The zero-order valence-corrected chi connectivity index (χ0v) is 12.3. The van der Waals surface area contributed by atoms with Crippen LogP contribution in [-0.2, 0) is 6.54 Å². The van der Waals surface area contributed by atoms with Gasteiger partial charge in [0.15, 0.2) is 0 Å². The predicted molar refractivity (Wildman–Crippen MR) is 84.3 cm³/mol. The molecule has 0 bridgehead atoms. The van der Waals surface area contributed by atoms with Gasteiger partial charge in [-0.3, -0.25) is 4.98 Å². The standard InChI is InChI=1S/C15H11N5OS/c21-15-19(17-18-20(15)13-7-3-9-22-13)10-12-5-1-4-11-6-2-8-16-14(11)12/h1-9H,10H2. The van der Waals surface area contributed by atoms with Crippen LogP contribution >= 0.6 is 11.3 Å². The van der Waals surface area contributed by atoms with Gasteiger partial charge in [0.1, 0.15) is 5.00 Å². The van der Waals surface area contributed by atoms with Gasteiger partial charge in [0.2, 0.25) is 0 Å². The monoisotopic (exact) mass is 309 g/mol. The molecule has 0 fully saturated rings. The van der Waals surface area contributed by atoms with Gasteiger partial charge in [0.25, 0.3) is 0 Å². The smallest absolute Gasteiger partial charge is 0.256 e. The number of tetrazole rings is 1. The number of pyridine rings is 1. The minimum absolute atomic E-state index is 0.254. The van der Waals surface area contributed by atoms with Crippen LogP contribution in [0.4, 0.5) is 0 Å². The van der Waals surface area contributed by atoms with Crippen molar-refractivity contribution in [2.24, 2.45) is 0 Å². The molecule has 0 spiro atoms. The summed E-state index contributed by atoms with van der Waals surface area (Å²) in [6, 6.07) is 13.5. The summed E-state index contributed by atoms with van der Waals surface area (Å²) in [4.78, 5) is 16.8. The summed E-state index contributed by atoms with van der Waals surface area (Å²) >= 11 is 1.45. The van der Waals surface area contributed by atoms with Gasteiger partial charge in [0, 0.05) is 17.1 Å². The summed E-state index contributed by atoms with van der Waals surface area (Å²) < 4.78 is 2.66. The highest BCUT2D eigenvalue weighted by Crippen LogP contribution is 2.16. The highest BCUT2D eigenvalue weighted by molar-refractivity contribution is 7.12. The first-order valence-corrected chi connectivity index (χ1v) is 7.60. The Morgan fingerprint density at radius 1 is 1.05 bits per heavy atom. The molecule has 0 N–H and O–H groups in total. The molecule has 0 aliphatic heterocycles. The third-order valence-corrected chi connectivity index (χ3v) is 4.23. The van der Waals surface area contributed by atoms with Crippen molar-refractivity contribution in [3.8, 4) is 5.00 Å². The van der Waals surface area contributed by atoms with Crippen LogP contribution in [0.2, 0.25) is 0 Å². The first-order valence-electron chi connectivity index (χ1n) is 6.72. The topological polar surface area (TPSA) is 65.6 Å². The second kappa shape index (κ2) is 5.19. The van der Waals surface area contributed by atoms with Crippen LogP contribution in [0.3, 0.4) is 0 Å². The van der Waals surface area contributed by atoms with Gasteiger partial charge >= 0.3 is 5.69 Å². The van der Waals surface area contributed by atoms with Crippen molar-refractivity contribution in [2.45, 2.75) is 6.54 Å². The first-order chi connectivity index (χ1) is 10.8. The van der Waals surface area contributed by atoms with E-state index in [1.807, 2.05) is 47.8 Å². The van der Waals surface area contributed by atoms with E-state index in [9.17, 15) is 4.79 Å². The third-order valence-electron chi connectivity index (χ3n) is 3.39. The lowest BCUT2D eigenvalue weighted by Crippen LogP contribution is -2.24. The molecular weight excluding hydrogens is 298 g/mol. The van der Waals surface area contributed by atoms with Gasteiger partial charge in [-0.1, -0.05) is 24.3 Å². The minimum atomic E-state index is -0.254. The number of rotatable bonds is 3. The van der Waals surface area contributed by atoms with E-state index >= 15 is 0 Å². The molecule has 3 heterocycles. The summed E-state index contributed by atoms with van der Waals surface area (Å²) in [6.07, 6.45) is 1.75. The molecule has 0 aliphatic carbocycles. The number of hydrogen-bond acceptors (Lipinski definition) is 5. The Balaban J connectivity index is 1.76. The van der Waals surface area contributed by atoms with E-state index in [0.29, 0.717) is 6.54 Å². The van der Waals surface area contributed by atoms with E-state index in [1.165, 1.54) is 20.7 Å². The summed E-state index contributed by atoms with van der Waals surface area (Å²) in [6.45, 7) is 0.346. The number of aromatic nitrogens is 5. The molecule has 1 aromatic carbocycles. The zero-order chi connectivity index (χ0) is 14.9. The van der Waals surface area contributed by atoms with Gasteiger partial charge in [-0.2, -0.15) is 9.36 Å². The van der Waals surface area contributed by atoms with Crippen LogP contribution in [0.25, 0.3) is 15.9 Å². The molecule has 0 saturated heterocycles. The number of fused-ring (bicyclic) bond motifs is 1. The average molecular weight is 309 g/mol. The van der Waals surface area contributed by atoms with Crippen LogP contribution in [0.15, 0.2) is 58.8 Å². The van der Waals surface area contributed by atoms with E-state index in [4.69, 9.17) is 0 Å². The number of benzene rings is 1. The normalized spacial score (nSPS) is 11.1. The fourth-order valence-corrected chi connectivity index (χ4v) is 3.03. The summed E-state index contributed by atoms with van der Waals surface area (Å²) in [5.41, 5.74) is 1.57. The van der Waals surface area contributed by atoms with Crippen molar-refractivity contribution in [1.82, 2.24) is 24.8 Å². The van der Waals surface area contributed by atoms with Crippen LogP contribution in [-0.4, -0.2) is 24.8 Å². The second-order valence-electron chi connectivity index (χ2n) is 4.77. The maximum Gasteiger partial charge on any atom is 0.369 e. The Bertz CT molecular complexity index is 981. The van der Waals surface area contributed by atoms with Crippen molar-refractivity contribution in [2.75, 3.05) is 0 Å². The van der Waals surface area contributed by atoms with Crippen molar-refractivity contribution in [3.05, 3.63) is 70.1 Å². The summed E-state index contributed by atoms with van der Waals surface area (Å²) in [5, 5.41) is 11.6. The lowest BCUT2D eigenvalue weighted by molar-refractivity contribution is 0.633. The molecule has 3 aromatic heterocycles. The molecule has 22 heavy (non-hydrogen) atoms. The fourth-order valence-electron chi connectivity index (χ4n) is 2.36. The van der Waals surface area contributed by atoms with E-state index in [1.54, 1.807) is 6.20 Å².